The van der Waals surface area contributed by atoms with Crippen LogP contribution in [0.2, 0.25) is 0 Å². The molecule has 166 valence electrons. The molecule has 0 aliphatic carbocycles. The topological polar surface area (TPSA) is 106 Å². The van der Waals surface area contributed by atoms with E-state index < -0.39 is 17.7 Å². The first kappa shape index (κ1) is 20.6. The van der Waals surface area contributed by atoms with E-state index in [4.69, 9.17) is 0 Å². The van der Waals surface area contributed by atoms with Crippen LogP contribution in [0.4, 0.5) is 0 Å². The second-order valence-corrected chi connectivity index (χ2v) is 7.90. The molecular formula is C24H22N6O3. The number of carbonyl (C=O) groups is 2. The first-order valence-corrected chi connectivity index (χ1v) is 10.6. The number of likely N-dealkylation sites (tertiary alicyclic amines) is 1. The molecule has 1 atom stereocenters. The monoisotopic (exact) mass is 442 g/mol. The number of imidazole rings is 2. The maximum atomic E-state index is 13.2. The molecule has 1 aliphatic heterocycles. The number of nitrogens with zero attached hydrogens (tertiary/aromatic N) is 6. The summed E-state index contributed by atoms with van der Waals surface area (Å²) in [5.74, 6) is -1.57. The number of carbonyl (C=O) groups excluding carboxylic acids is 2. The van der Waals surface area contributed by atoms with Crippen LogP contribution >= 0.6 is 0 Å². The Morgan fingerprint density at radius 3 is 2.61 bits per heavy atom. The molecule has 1 N–H and O–H groups in total. The number of fused-ring (bicyclic) bond motifs is 1. The van der Waals surface area contributed by atoms with E-state index in [1.54, 1.807) is 54.6 Å². The number of aryl methyl sites for hydroxylation is 2. The zero-order chi connectivity index (χ0) is 22.9. The van der Waals surface area contributed by atoms with Gasteiger partial charge in [-0.15, -0.1) is 0 Å². The summed E-state index contributed by atoms with van der Waals surface area (Å²) in [7, 11) is 0. The predicted octanol–water partition coefficient (Wildman–Crippen LogP) is 2.75. The number of aliphatic hydroxyl groups is 1. The van der Waals surface area contributed by atoms with Crippen LogP contribution in [0.1, 0.15) is 29.4 Å². The van der Waals surface area contributed by atoms with Gasteiger partial charge in [-0.2, -0.15) is 0 Å². The van der Waals surface area contributed by atoms with Crippen molar-refractivity contribution in [2.45, 2.75) is 25.9 Å². The molecule has 5 heterocycles. The van der Waals surface area contributed by atoms with Crippen molar-refractivity contribution in [1.29, 1.82) is 0 Å². The molecule has 1 amide bonds. The lowest BCUT2D eigenvalue weighted by molar-refractivity contribution is -0.139. The van der Waals surface area contributed by atoms with Crippen molar-refractivity contribution in [3.8, 4) is 0 Å². The van der Waals surface area contributed by atoms with Crippen LogP contribution in [0.5, 0.6) is 0 Å². The van der Waals surface area contributed by atoms with E-state index in [-0.39, 0.29) is 11.3 Å². The molecule has 0 unspecified atom stereocenters. The fourth-order valence-electron chi connectivity index (χ4n) is 4.37. The number of pyridine rings is 2. The minimum Gasteiger partial charge on any atom is -0.505 e. The summed E-state index contributed by atoms with van der Waals surface area (Å²) in [6.45, 7) is 2.77. The molecule has 4 aromatic heterocycles. The van der Waals surface area contributed by atoms with Crippen LogP contribution in [0.25, 0.3) is 11.4 Å². The molecule has 0 bridgehead atoms. The molecule has 0 saturated carbocycles. The van der Waals surface area contributed by atoms with Crippen molar-refractivity contribution in [3.63, 3.8) is 0 Å². The third-order valence-electron chi connectivity index (χ3n) is 5.86. The highest BCUT2D eigenvalue weighted by Gasteiger charge is 2.46. The lowest BCUT2D eigenvalue weighted by Gasteiger charge is -2.25. The molecule has 1 fully saturated rings. The lowest BCUT2D eigenvalue weighted by atomic mass is 9.97. The van der Waals surface area contributed by atoms with Gasteiger partial charge >= 0.3 is 0 Å². The first-order valence-electron chi connectivity index (χ1n) is 10.6. The van der Waals surface area contributed by atoms with Crippen molar-refractivity contribution < 1.29 is 14.7 Å². The summed E-state index contributed by atoms with van der Waals surface area (Å²) in [5.41, 5.74) is 2.38. The smallest absolute Gasteiger partial charge is 0.295 e. The van der Waals surface area contributed by atoms with E-state index in [1.165, 1.54) is 4.90 Å². The van der Waals surface area contributed by atoms with E-state index in [0.717, 1.165) is 0 Å². The molecule has 0 aromatic carbocycles. The number of Topliss-reactive ketones (excluding diaryl/α,β-unsaturated/α-hetero) is 1. The highest BCUT2D eigenvalue weighted by atomic mass is 16.3. The first-order chi connectivity index (χ1) is 16.1. The minimum atomic E-state index is -0.718. The quantitative estimate of drug-likeness (QED) is 0.280. The fourth-order valence-corrected chi connectivity index (χ4v) is 4.37. The van der Waals surface area contributed by atoms with Crippen molar-refractivity contribution in [2.24, 2.45) is 0 Å². The number of rotatable bonds is 6. The zero-order valence-electron chi connectivity index (χ0n) is 18.0. The number of ketones is 1. The number of aromatic nitrogens is 5. The Labute approximate surface area is 189 Å². The molecule has 0 radical (unpaired) electrons. The third-order valence-corrected chi connectivity index (χ3v) is 5.86. The summed E-state index contributed by atoms with van der Waals surface area (Å²) in [6, 6.07) is 8.28. The van der Waals surface area contributed by atoms with Crippen LogP contribution in [0.3, 0.4) is 0 Å². The second kappa shape index (κ2) is 8.34. The summed E-state index contributed by atoms with van der Waals surface area (Å²) in [5, 5.41) is 11.4. The highest BCUT2D eigenvalue weighted by molar-refractivity contribution is 6.46. The van der Waals surface area contributed by atoms with Gasteiger partial charge in [0, 0.05) is 44.1 Å². The van der Waals surface area contributed by atoms with Crippen molar-refractivity contribution >= 4 is 23.1 Å². The summed E-state index contributed by atoms with van der Waals surface area (Å²) in [4.78, 5) is 40.4. The van der Waals surface area contributed by atoms with Crippen LogP contribution in [0, 0.1) is 6.92 Å². The normalized spacial score (nSPS) is 17.8. The largest absolute Gasteiger partial charge is 0.505 e. The van der Waals surface area contributed by atoms with Gasteiger partial charge in [0.15, 0.2) is 5.76 Å². The van der Waals surface area contributed by atoms with Crippen LogP contribution in [-0.2, 0) is 16.1 Å². The number of aliphatic hydroxyl groups excluding tert-OH is 1. The molecule has 9 nitrogen and oxygen atoms in total. The molecule has 33 heavy (non-hydrogen) atoms. The maximum absolute atomic E-state index is 13.2. The minimum absolute atomic E-state index is 0.0579. The molecule has 5 rings (SSSR count). The van der Waals surface area contributed by atoms with Gasteiger partial charge in [-0.1, -0.05) is 6.07 Å². The number of hydrogen-bond donors (Lipinski definition) is 1. The van der Waals surface area contributed by atoms with Gasteiger partial charge in [0.25, 0.3) is 11.7 Å². The third kappa shape index (κ3) is 3.57. The van der Waals surface area contributed by atoms with Gasteiger partial charge < -0.3 is 14.6 Å². The molecule has 9 heteroatoms. The fraction of sp³-hybridized carbons (Fsp3) is 0.208. The summed E-state index contributed by atoms with van der Waals surface area (Å²) in [6.07, 6.45) is 10.9. The predicted molar refractivity (Wildman–Crippen MR) is 120 cm³/mol. The maximum Gasteiger partial charge on any atom is 0.295 e. The Hall–Kier alpha value is -4.27. The van der Waals surface area contributed by atoms with Crippen LogP contribution in [-0.4, -0.2) is 52.2 Å². The Morgan fingerprint density at radius 2 is 1.85 bits per heavy atom. The van der Waals surface area contributed by atoms with Crippen LogP contribution < -0.4 is 0 Å². The van der Waals surface area contributed by atoms with Gasteiger partial charge in [-0.3, -0.25) is 19.0 Å². The van der Waals surface area contributed by atoms with Gasteiger partial charge in [0.2, 0.25) is 0 Å². The zero-order valence-corrected chi connectivity index (χ0v) is 18.0. The highest BCUT2D eigenvalue weighted by Crippen LogP contribution is 2.39. The molecular weight excluding hydrogens is 420 g/mol. The average molecular weight is 442 g/mol. The lowest BCUT2D eigenvalue weighted by Crippen LogP contribution is -2.31. The van der Waals surface area contributed by atoms with E-state index in [0.29, 0.717) is 42.1 Å². The molecule has 0 spiro atoms. The van der Waals surface area contributed by atoms with Crippen molar-refractivity contribution in [1.82, 2.24) is 28.8 Å². The Bertz CT molecular complexity index is 1360. The summed E-state index contributed by atoms with van der Waals surface area (Å²) < 4.78 is 3.64. The van der Waals surface area contributed by atoms with E-state index in [2.05, 4.69) is 15.0 Å². The van der Waals surface area contributed by atoms with E-state index in [1.807, 2.05) is 29.0 Å². The summed E-state index contributed by atoms with van der Waals surface area (Å²) >= 11 is 0. The van der Waals surface area contributed by atoms with Crippen molar-refractivity contribution in [3.05, 3.63) is 90.2 Å². The number of hydrogen-bond acceptors (Lipinski definition) is 6. The average Bonchev–Trinajstić information content (AvgIpc) is 3.52. The van der Waals surface area contributed by atoms with Gasteiger partial charge in [-0.25, -0.2) is 9.97 Å². The van der Waals surface area contributed by atoms with Gasteiger partial charge in [0.1, 0.15) is 11.3 Å². The molecule has 1 saturated heterocycles. The Balaban J connectivity index is 1.59. The van der Waals surface area contributed by atoms with E-state index in [9.17, 15) is 14.7 Å². The van der Waals surface area contributed by atoms with E-state index >= 15 is 0 Å². The van der Waals surface area contributed by atoms with Crippen molar-refractivity contribution in [2.75, 3.05) is 6.54 Å². The molecule has 1 aliphatic rings. The Morgan fingerprint density at radius 1 is 1.03 bits per heavy atom. The van der Waals surface area contributed by atoms with Gasteiger partial charge in [-0.05, 0) is 43.2 Å². The number of amides is 1. The van der Waals surface area contributed by atoms with Crippen LogP contribution in [0.15, 0.2) is 73.2 Å². The van der Waals surface area contributed by atoms with Gasteiger partial charge in [0.05, 0.1) is 23.6 Å². The molecule has 4 aromatic rings. The SMILES string of the molecule is Cc1nc2ccccn2c1/C(O)=C1\C(=O)C(=O)N(CCCn2ccnc2)[C@@H]1c1ccncc1. The Kier molecular flexibility index (Phi) is 5.21. The second-order valence-electron chi connectivity index (χ2n) is 7.90. The standard InChI is InChI=1S/C24H22N6O3/c1-16-20(29-12-3-2-5-18(29)27-16)22(31)19-21(17-6-8-25-9-7-17)30(24(33)23(19)32)13-4-11-28-14-10-26-15-28/h2-3,5-10,12,14-15,21,31H,4,11,13H2,1H3/b22-19+/t21-/m1/s1.